The van der Waals surface area contributed by atoms with Crippen molar-refractivity contribution in [2.45, 2.75) is 13.0 Å². The molecule has 0 saturated heterocycles. The van der Waals surface area contributed by atoms with Crippen molar-refractivity contribution in [3.63, 3.8) is 0 Å². The molecule has 0 aliphatic rings. The van der Waals surface area contributed by atoms with Gasteiger partial charge in [-0.3, -0.25) is 19.9 Å². The molecule has 0 fully saturated rings. The molecule has 1 N–H and O–H groups in total. The molecule has 3 rings (SSSR count). The van der Waals surface area contributed by atoms with Gasteiger partial charge in [-0.2, -0.15) is 0 Å². The number of nitrogens with one attached hydrogen (secondary N) is 1. The lowest BCUT2D eigenvalue weighted by Crippen LogP contribution is -2.30. The first-order valence-electron chi connectivity index (χ1n) is 8.08. The van der Waals surface area contributed by atoms with E-state index < -0.39 is 16.9 Å². The maximum atomic E-state index is 12.8. The number of carbonyl (C=O) groups is 1. The molecule has 6 nitrogen and oxygen atoms in total. The van der Waals surface area contributed by atoms with Gasteiger partial charge in [0.1, 0.15) is 5.56 Å². The highest BCUT2D eigenvalue weighted by Crippen LogP contribution is 2.25. The number of hydrogen-bond donors (Lipinski definition) is 1. The fourth-order valence-electron chi connectivity index (χ4n) is 2.81. The van der Waals surface area contributed by atoms with Crippen LogP contribution in [0.3, 0.4) is 0 Å². The first-order valence-corrected chi connectivity index (χ1v) is 8.08. The molecule has 1 amide bonds. The molecule has 1 unspecified atom stereocenters. The van der Waals surface area contributed by atoms with Crippen LogP contribution < -0.4 is 5.32 Å². The van der Waals surface area contributed by atoms with Crippen LogP contribution in [-0.4, -0.2) is 15.8 Å². The van der Waals surface area contributed by atoms with Crippen LogP contribution in [0, 0.1) is 17.0 Å². The van der Waals surface area contributed by atoms with Crippen molar-refractivity contribution in [1.29, 1.82) is 0 Å². The molecular weight excluding hydrogens is 330 g/mol. The van der Waals surface area contributed by atoms with Crippen LogP contribution in [0.1, 0.15) is 33.2 Å². The van der Waals surface area contributed by atoms with Gasteiger partial charge in [0.25, 0.3) is 11.6 Å². The number of amides is 1. The predicted molar refractivity (Wildman–Crippen MR) is 97.8 cm³/mol. The number of nitro benzene ring substituents is 1. The van der Waals surface area contributed by atoms with Gasteiger partial charge in [-0.25, -0.2) is 0 Å². The van der Waals surface area contributed by atoms with Crippen molar-refractivity contribution in [3.05, 3.63) is 105 Å². The summed E-state index contributed by atoms with van der Waals surface area (Å²) >= 11 is 0. The van der Waals surface area contributed by atoms with Gasteiger partial charge < -0.3 is 5.32 Å². The quantitative estimate of drug-likeness (QED) is 0.562. The highest BCUT2D eigenvalue weighted by atomic mass is 16.6. The van der Waals surface area contributed by atoms with Gasteiger partial charge in [-0.1, -0.05) is 48.5 Å². The smallest absolute Gasteiger partial charge is 0.285 e. The molecule has 3 aromatic rings. The maximum Gasteiger partial charge on any atom is 0.285 e. The minimum atomic E-state index is -0.525. The SMILES string of the molecule is Cc1cccc(C(=O)NC(c2ccccc2)c2ccccn2)c1[N+](=O)[O-]. The Bertz CT molecular complexity index is 888. The normalized spacial score (nSPS) is 11.6. The average Bonchev–Trinajstić information content (AvgIpc) is 2.66. The summed E-state index contributed by atoms with van der Waals surface area (Å²) in [7, 11) is 0. The maximum absolute atomic E-state index is 12.8. The Hall–Kier alpha value is -3.54. The summed E-state index contributed by atoms with van der Waals surface area (Å²) in [5, 5.41) is 14.3. The number of carbonyl (C=O) groups excluding carboxylic acids is 1. The highest BCUT2D eigenvalue weighted by Gasteiger charge is 2.25. The van der Waals surface area contributed by atoms with Gasteiger partial charge in [0, 0.05) is 11.8 Å². The van der Waals surface area contributed by atoms with E-state index in [1.807, 2.05) is 42.5 Å². The predicted octanol–water partition coefficient (Wildman–Crippen LogP) is 3.82. The highest BCUT2D eigenvalue weighted by molar-refractivity contribution is 5.99. The number of nitro groups is 1. The Morgan fingerprint density at radius 3 is 2.42 bits per heavy atom. The molecule has 26 heavy (non-hydrogen) atoms. The summed E-state index contributed by atoms with van der Waals surface area (Å²) in [6, 6.07) is 19.0. The van der Waals surface area contributed by atoms with Crippen molar-refractivity contribution >= 4 is 11.6 Å². The first kappa shape index (κ1) is 17.3. The third-order valence-electron chi connectivity index (χ3n) is 4.06. The van der Waals surface area contributed by atoms with Gasteiger partial charge in [0.05, 0.1) is 16.7 Å². The molecular formula is C20H17N3O3. The van der Waals surface area contributed by atoms with Crippen molar-refractivity contribution < 1.29 is 9.72 Å². The summed E-state index contributed by atoms with van der Waals surface area (Å²) in [5.41, 5.74) is 1.79. The zero-order chi connectivity index (χ0) is 18.5. The topological polar surface area (TPSA) is 85.1 Å². The molecule has 0 aliphatic carbocycles. The lowest BCUT2D eigenvalue weighted by Gasteiger charge is -2.19. The molecule has 0 radical (unpaired) electrons. The Morgan fingerprint density at radius 1 is 1.04 bits per heavy atom. The number of aromatic nitrogens is 1. The number of rotatable bonds is 5. The fourth-order valence-corrected chi connectivity index (χ4v) is 2.81. The lowest BCUT2D eigenvalue weighted by molar-refractivity contribution is -0.385. The van der Waals surface area contributed by atoms with Gasteiger partial charge >= 0.3 is 0 Å². The van der Waals surface area contributed by atoms with E-state index in [1.54, 1.807) is 31.3 Å². The Labute approximate surface area is 150 Å². The van der Waals surface area contributed by atoms with Crippen LogP contribution in [0.15, 0.2) is 72.9 Å². The number of aryl methyl sites for hydroxylation is 1. The molecule has 2 aromatic carbocycles. The molecule has 1 heterocycles. The standard InChI is InChI=1S/C20H17N3O3/c1-14-8-7-11-16(19(14)23(25)26)20(24)22-18(15-9-3-2-4-10-15)17-12-5-6-13-21-17/h2-13,18H,1H3,(H,22,24). The lowest BCUT2D eigenvalue weighted by atomic mass is 10.0. The average molecular weight is 347 g/mol. The van der Waals surface area contributed by atoms with Crippen LogP contribution in [0.4, 0.5) is 5.69 Å². The molecule has 0 aliphatic heterocycles. The van der Waals surface area contributed by atoms with E-state index in [4.69, 9.17) is 0 Å². The Morgan fingerprint density at radius 2 is 1.77 bits per heavy atom. The van der Waals surface area contributed by atoms with Crippen LogP contribution in [0.2, 0.25) is 0 Å². The monoisotopic (exact) mass is 347 g/mol. The number of pyridine rings is 1. The third-order valence-corrected chi connectivity index (χ3v) is 4.06. The summed E-state index contributed by atoms with van der Waals surface area (Å²) in [6.07, 6.45) is 1.65. The summed E-state index contributed by atoms with van der Waals surface area (Å²) in [6.45, 7) is 1.61. The molecule has 6 heteroatoms. The third kappa shape index (κ3) is 3.59. The number of hydrogen-bond acceptors (Lipinski definition) is 4. The second kappa shape index (κ2) is 7.57. The second-order valence-electron chi connectivity index (χ2n) is 5.80. The molecule has 1 aromatic heterocycles. The van der Waals surface area contributed by atoms with Crippen LogP contribution in [0.25, 0.3) is 0 Å². The van der Waals surface area contributed by atoms with Crippen LogP contribution in [-0.2, 0) is 0 Å². The van der Waals surface area contributed by atoms with Gasteiger partial charge in [0.15, 0.2) is 0 Å². The summed E-state index contributed by atoms with van der Waals surface area (Å²) < 4.78 is 0. The van der Waals surface area contributed by atoms with E-state index in [0.29, 0.717) is 11.3 Å². The van der Waals surface area contributed by atoms with E-state index in [0.717, 1.165) is 5.56 Å². The zero-order valence-electron chi connectivity index (χ0n) is 14.1. The van der Waals surface area contributed by atoms with Crippen molar-refractivity contribution in [1.82, 2.24) is 10.3 Å². The largest absolute Gasteiger partial charge is 0.339 e. The summed E-state index contributed by atoms with van der Waals surface area (Å²) in [4.78, 5) is 28.0. The first-order chi connectivity index (χ1) is 12.6. The van der Waals surface area contributed by atoms with Gasteiger partial charge in [-0.15, -0.1) is 0 Å². The van der Waals surface area contributed by atoms with Crippen molar-refractivity contribution in [2.75, 3.05) is 0 Å². The van der Waals surface area contributed by atoms with Gasteiger partial charge in [-0.05, 0) is 30.7 Å². The van der Waals surface area contributed by atoms with Gasteiger partial charge in [0.2, 0.25) is 0 Å². The molecule has 1 atom stereocenters. The molecule has 130 valence electrons. The molecule has 0 saturated carbocycles. The second-order valence-corrected chi connectivity index (χ2v) is 5.80. The fraction of sp³-hybridized carbons (Fsp3) is 0.100. The number of nitrogens with zero attached hydrogens (tertiary/aromatic N) is 2. The minimum Gasteiger partial charge on any atom is -0.339 e. The van der Waals surface area contributed by atoms with E-state index in [9.17, 15) is 14.9 Å². The van der Waals surface area contributed by atoms with E-state index in [-0.39, 0.29) is 11.3 Å². The van der Waals surface area contributed by atoms with E-state index >= 15 is 0 Å². The zero-order valence-corrected chi connectivity index (χ0v) is 14.1. The molecule has 0 spiro atoms. The number of para-hydroxylation sites is 1. The Balaban J connectivity index is 2.00. The van der Waals surface area contributed by atoms with E-state index in [1.165, 1.54) is 6.07 Å². The Kier molecular flexibility index (Phi) is 5.03. The summed E-state index contributed by atoms with van der Waals surface area (Å²) in [5.74, 6) is -0.514. The van der Waals surface area contributed by atoms with Crippen molar-refractivity contribution in [3.8, 4) is 0 Å². The van der Waals surface area contributed by atoms with E-state index in [2.05, 4.69) is 10.3 Å². The van der Waals surface area contributed by atoms with Crippen LogP contribution >= 0.6 is 0 Å². The van der Waals surface area contributed by atoms with Crippen LogP contribution in [0.5, 0.6) is 0 Å². The molecule has 0 bridgehead atoms. The van der Waals surface area contributed by atoms with Crippen molar-refractivity contribution in [2.24, 2.45) is 0 Å². The minimum absolute atomic E-state index is 0.0341. The number of benzene rings is 2.